The van der Waals surface area contributed by atoms with Crippen LogP contribution in [0.25, 0.3) is 0 Å². The highest BCUT2D eigenvalue weighted by molar-refractivity contribution is 5.98. The molecule has 1 unspecified atom stereocenters. The summed E-state index contributed by atoms with van der Waals surface area (Å²) in [5.41, 5.74) is 2.36. The van der Waals surface area contributed by atoms with E-state index in [0.717, 1.165) is 29.8 Å². The highest BCUT2D eigenvalue weighted by atomic mass is 16.1. The summed E-state index contributed by atoms with van der Waals surface area (Å²) in [6.07, 6.45) is 1.62. The number of aromatic nitrogens is 2. The van der Waals surface area contributed by atoms with Crippen molar-refractivity contribution >= 4 is 5.78 Å². The average Bonchev–Trinajstić information content (AvgIpc) is 2.27. The van der Waals surface area contributed by atoms with E-state index in [1.807, 2.05) is 33.8 Å². The molecule has 0 spiro atoms. The SMILES string of the molecule is CCc1nnc(C)cc1C(=O)C(C)CC. The van der Waals surface area contributed by atoms with Gasteiger partial charge in [-0.05, 0) is 25.8 Å². The molecule has 3 nitrogen and oxygen atoms in total. The van der Waals surface area contributed by atoms with Gasteiger partial charge in [-0.25, -0.2) is 0 Å². The van der Waals surface area contributed by atoms with Crippen LogP contribution in [0.3, 0.4) is 0 Å². The molecule has 1 heterocycles. The van der Waals surface area contributed by atoms with E-state index in [4.69, 9.17) is 0 Å². The average molecular weight is 206 g/mol. The Kier molecular flexibility index (Phi) is 3.95. The van der Waals surface area contributed by atoms with Gasteiger partial charge in [0.15, 0.2) is 5.78 Å². The van der Waals surface area contributed by atoms with Crippen molar-refractivity contribution in [1.82, 2.24) is 10.2 Å². The number of aryl methyl sites for hydroxylation is 2. The van der Waals surface area contributed by atoms with Crippen LogP contribution in [0.2, 0.25) is 0 Å². The smallest absolute Gasteiger partial charge is 0.167 e. The second-order valence-corrected chi connectivity index (χ2v) is 3.87. The quantitative estimate of drug-likeness (QED) is 0.711. The van der Waals surface area contributed by atoms with Crippen LogP contribution in [0.15, 0.2) is 6.07 Å². The fourth-order valence-electron chi connectivity index (χ4n) is 1.44. The molecule has 0 aliphatic heterocycles. The summed E-state index contributed by atoms with van der Waals surface area (Å²) in [5.74, 6) is 0.256. The maximum Gasteiger partial charge on any atom is 0.167 e. The Morgan fingerprint density at radius 1 is 1.40 bits per heavy atom. The predicted molar refractivity (Wildman–Crippen MR) is 59.9 cm³/mol. The van der Waals surface area contributed by atoms with Gasteiger partial charge in [-0.2, -0.15) is 10.2 Å². The molecule has 0 N–H and O–H groups in total. The van der Waals surface area contributed by atoms with E-state index in [1.54, 1.807) is 0 Å². The van der Waals surface area contributed by atoms with Crippen molar-refractivity contribution in [3.8, 4) is 0 Å². The van der Waals surface area contributed by atoms with Gasteiger partial charge in [0.1, 0.15) is 0 Å². The van der Waals surface area contributed by atoms with Crippen molar-refractivity contribution in [2.45, 2.75) is 40.5 Å². The Labute approximate surface area is 90.9 Å². The molecule has 1 atom stereocenters. The second-order valence-electron chi connectivity index (χ2n) is 3.87. The largest absolute Gasteiger partial charge is 0.294 e. The minimum atomic E-state index is 0.0684. The summed E-state index contributed by atoms with van der Waals surface area (Å²) in [7, 11) is 0. The number of hydrogen-bond donors (Lipinski definition) is 0. The van der Waals surface area contributed by atoms with Crippen molar-refractivity contribution in [3.05, 3.63) is 23.0 Å². The molecule has 82 valence electrons. The van der Waals surface area contributed by atoms with Gasteiger partial charge in [-0.3, -0.25) is 4.79 Å². The van der Waals surface area contributed by atoms with Gasteiger partial charge in [0.25, 0.3) is 0 Å². The molecule has 0 aromatic carbocycles. The van der Waals surface area contributed by atoms with Gasteiger partial charge >= 0.3 is 0 Å². The van der Waals surface area contributed by atoms with E-state index in [-0.39, 0.29) is 11.7 Å². The van der Waals surface area contributed by atoms with Crippen LogP contribution in [-0.2, 0) is 6.42 Å². The van der Waals surface area contributed by atoms with Crippen molar-refractivity contribution < 1.29 is 4.79 Å². The summed E-state index contributed by atoms with van der Waals surface area (Å²) in [6.45, 7) is 7.83. The first-order valence-electron chi connectivity index (χ1n) is 5.47. The van der Waals surface area contributed by atoms with Crippen molar-refractivity contribution in [2.75, 3.05) is 0 Å². The molecular formula is C12H18N2O. The second kappa shape index (κ2) is 5.01. The number of rotatable bonds is 4. The molecule has 0 saturated carbocycles. The van der Waals surface area contributed by atoms with Gasteiger partial charge < -0.3 is 0 Å². The van der Waals surface area contributed by atoms with E-state index in [1.165, 1.54) is 0 Å². The Balaban J connectivity index is 3.11. The first kappa shape index (κ1) is 11.8. The fraction of sp³-hybridized carbons (Fsp3) is 0.583. The summed E-state index contributed by atoms with van der Waals surface area (Å²) >= 11 is 0. The Hall–Kier alpha value is -1.25. The summed E-state index contributed by atoms with van der Waals surface area (Å²) in [5, 5.41) is 8.04. The maximum absolute atomic E-state index is 12.0. The molecule has 0 aliphatic rings. The van der Waals surface area contributed by atoms with E-state index in [2.05, 4.69) is 10.2 Å². The molecule has 3 heteroatoms. The lowest BCUT2D eigenvalue weighted by molar-refractivity contribution is 0.0925. The topological polar surface area (TPSA) is 42.9 Å². The molecule has 1 aromatic rings. The zero-order valence-corrected chi connectivity index (χ0v) is 9.87. The van der Waals surface area contributed by atoms with E-state index in [9.17, 15) is 4.79 Å². The standard InChI is InChI=1S/C12H18N2O/c1-5-8(3)12(15)10-7-9(4)13-14-11(10)6-2/h7-8H,5-6H2,1-4H3. The molecule has 0 aliphatic carbocycles. The third-order valence-corrected chi connectivity index (χ3v) is 2.65. The van der Waals surface area contributed by atoms with Gasteiger partial charge in [0.05, 0.1) is 11.4 Å². The summed E-state index contributed by atoms with van der Waals surface area (Å²) in [6, 6.07) is 1.85. The van der Waals surface area contributed by atoms with Crippen LogP contribution in [-0.4, -0.2) is 16.0 Å². The van der Waals surface area contributed by atoms with Crippen LogP contribution in [0.1, 0.15) is 48.9 Å². The van der Waals surface area contributed by atoms with Crippen molar-refractivity contribution in [3.63, 3.8) is 0 Å². The number of ketones is 1. The molecule has 0 radical (unpaired) electrons. The van der Waals surface area contributed by atoms with E-state index < -0.39 is 0 Å². The van der Waals surface area contributed by atoms with Crippen LogP contribution < -0.4 is 0 Å². The highest BCUT2D eigenvalue weighted by Gasteiger charge is 2.17. The number of nitrogens with zero attached hydrogens (tertiary/aromatic N) is 2. The number of carbonyl (C=O) groups excluding carboxylic acids is 1. The number of hydrogen-bond acceptors (Lipinski definition) is 3. The molecule has 1 rings (SSSR count). The lowest BCUT2D eigenvalue weighted by Crippen LogP contribution is -2.14. The third-order valence-electron chi connectivity index (χ3n) is 2.65. The summed E-state index contributed by atoms with van der Waals surface area (Å²) < 4.78 is 0. The number of carbonyl (C=O) groups is 1. The van der Waals surface area contributed by atoms with Crippen LogP contribution in [0, 0.1) is 12.8 Å². The zero-order chi connectivity index (χ0) is 11.4. The lowest BCUT2D eigenvalue weighted by atomic mass is 9.95. The van der Waals surface area contributed by atoms with Crippen LogP contribution in [0.5, 0.6) is 0 Å². The fourth-order valence-corrected chi connectivity index (χ4v) is 1.44. The van der Waals surface area contributed by atoms with E-state index >= 15 is 0 Å². The zero-order valence-electron chi connectivity index (χ0n) is 9.87. The first-order valence-corrected chi connectivity index (χ1v) is 5.47. The molecule has 0 amide bonds. The van der Waals surface area contributed by atoms with Crippen molar-refractivity contribution in [2.24, 2.45) is 5.92 Å². The molecule has 15 heavy (non-hydrogen) atoms. The minimum Gasteiger partial charge on any atom is -0.294 e. The lowest BCUT2D eigenvalue weighted by Gasteiger charge is -2.10. The monoisotopic (exact) mass is 206 g/mol. The summed E-state index contributed by atoms with van der Waals surface area (Å²) in [4.78, 5) is 12.0. The Bertz CT molecular complexity index is 361. The Morgan fingerprint density at radius 3 is 2.60 bits per heavy atom. The third kappa shape index (κ3) is 2.61. The van der Waals surface area contributed by atoms with Gasteiger partial charge in [0, 0.05) is 11.5 Å². The van der Waals surface area contributed by atoms with Gasteiger partial charge in [-0.1, -0.05) is 20.8 Å². The number of Topliss-reactive ketones (excluding diaryl/α,β-unsaturated/α-hetero) is 1. The highest BCUT2D eigenvalue weighted by Crippen LogP contribution is 2.15. The van der Waals surface area contributed by atoms with Gasteiger partial charge in [-0.15, -0.1) is 0 Å². The maximum atomic E-state index is 12.0. The van der Waals surface area contributed by atoms with Crippen LogP contribution in [0.4, 0.5) is 0 Å². The molecule has 1 aromatic heterocycles. The minimum absolute atomic E-state index is 0.0684. The normalized spacial score (nSPS) is 12.5. The molecule has 0 fully saturated rings. The van der Waals surface area contributed by atoms with Crippen LogP contribution >= 0.6 is 0 Å². The predicted octanol–water partition coefficient (Wildman–Crippen LogP) is 2.58. The van der Waals surface area contributed by atoms with Crippen molar-refractivity contribution in [1.29, 1.82) is 0 Å². The first-order chi connectivity index (χ1) is 7.10. The van der Waals surface area contributed by atoms with E-state index in [0.29, 0.717) is 0 Å². The molecule has 0 saturated heterocycles. The Morgan fingerprint density at radius 2 is 2.07 bits per heavy atom. The van der Waals surface area contributed by atoms with Gasteiger partial charge in [0.2, 0.25) is 0 Å². The molecular weight excluding hydrogens is 188 g/mol. The molecule has 0 bridgehead atoms.